The zero-order valence-electron chi connectivity index (χ0n) is 9.70. The summed E-state index contributed by atoms with van der Waals surface area (Å²) in [5.74, 6) is -0.469. The zero-order chi connectivity index (χ0) is 11.6. The van der Waals surface area contributed by atoms with Gasteiger partial charge in [-0.3, -0.25) is 0 Å². The largest absolute Gasteiger partial charge is 0.545 e. The van der Waals surface area contributed by atoms with Crippen molar-refractivity contribution in [1.82, 2.24) is 0 Å². The average Bonchev–Trinajstić information content (AvgIpc) is 2.16. The third-order valence-electron chi connectivity index (χ3n) is 2.58. The van der Waals surface area contributed by atoms with Gasteiger partial charge in [-0.05, 0) is 23.0 Å². The maximum atomic E-state index is 10.9. The monoisotopic (exact) mass is 205 g/mol. The van der Waals surface area contributed by atoms with Gasteiger partial charge in [0.2, 0.25) is 0 Å². The number of hydrogen-bond donors (Lipinski definition) is 0. The molecule has 0 atom stereocenters. The predicted octanol–water partition coefficient (Wildman–Crippen LogP) is 2.30. The Hall–Kier alpha value is -1.31. The van der Waals surface area contributed by atoms with Crippen LogP contribution in [0.2, 0.25) is 0 Å². The fourth-order valence-electron chi connectivity index (χ4n) is 1.60. The molecule has 15 heavy (non-hydrogen) atoms. The van der Waals surface area contributed by atoms with Gasteiger partial charge in [0.1, 0.15) is 0 Å². The Morgan fingerprint density at radius 3 is 2.13 bits per heavy atom. The number of carboxylic acid groups (broad SMARTS) is 1. The molecule has 0 bridgehead atoms. The van der Waals surface area contributed by atoms with Crippen LogP contribution in [0.1, 0.15) is 61.0 Å². The summed E-state index contributed by atoms with van der Waals surface area (Å²) in [6, 6.07) is 5.49. The fraction of sp³-hybridized carbons (Fsp3) is 0.462. The van der Waals surface area contributed by atoms with Crippen molar-refractivity contribution in [3.8, 4) is 0 Å². The number of aromatic carboxylic acids is 1. The predicted molar refractivity (Wildman–Crippen MR) is 59.0 cm³/mol. The summed E-state index contributed by atoms with van der Waals surface area (Å²) in [6.45, 7) is 8.17. The Kier molecular flexibility index (Phi) is 3.51. The van der Waals surface area contributed by atoms with E-state index in [2.05, 4.69) is 13.8 Å². The number of carboxylic acids is 1. The first kappa shape index (κ1) is 11.8. The van der Waals surface area contributed by atoms with Crippen LogP contribution in [0.3, 0.4) is 0 Å². The Morgan fingerprint density at radius 2 is 1.73 bits per heavy atom. The van der Waals surface area contributed by atoms with Gasteiger partial charge in [0.15, 0.2) is 0 Å². The Labute approximate surface area is 90.9 Å². The smallest absolute Gasteiger partial charge is 0.0718 e. The van der Waals surface area contributed by atoms with Gasteiger partial charge in [-0.2, -0.15) is 0 Å². The highest BCUT2D eigenvalue weighted by Gasteiger charge is 2.09. The molecule has 0 aliphatic rings. The standard InChI is InChI=1S/C13H18O2/c1-8(2)10-5-6-11(13(14)15)12(7-10)9(3)4/h5-9H,1-4H3,(H,14,15)/p-1. The van der Waals surface area contributed by atoms with Crippen molar-refractivity contribution in [1.29, 1.82) is 0 Å². The molecule has 0 aliphatic carbocycles. The van der Waals surface area contributed by atoms with Gasteiger partial charge in [-0.25, -0.2) is 0 Å². The molecule has 1 aromatic carbocycles. The second-order valence-corrected chi connectivity index (χ2v) is 4.44. The molecule has 0 saturated carbocycles. The van der Waals surface area contributed by atoms with Crippen LogP contribution in [0.25, 0.3) is 0 Å². The van der Waals surface area contributed by atoms with Gasteiger partial charge in [0.25, 0.3) is 0 Å². The normalized spacial score (nSPS) is 11.1. The zero-order valence-corrected chi connectivity index (χ0v) is 9.70. The fourth-order valence-corrected chi connectivity index (χ4v) is 1.60. The second-order valence-electron chi connectivity index (χ2n) is 4.44. The molecule has 0 unspecified atom stereocenters. The van der Waals surface area contributed by atoms with E-state index in [0.717, 1.165) is 5.56 Å². The van der Waals surface area contributed by atoms with Gasteiger partial charge in [0, 0.05) is 5.56 Å². The van der Waals surface area contributed by atoms with Gasteiger partial charge in [-0.1, -0.05) is 45.9 Å². The van der Waals surface area contributed by atoms with Gasteiger partial charge in [-0.15, -0.1) is 0 Å². The van der Waals surface area contributed by atoms with Crippen LogP contribution < -0.4 is 5.11 Å². The minimum absolute atomic E-state index is 0.205. The van der Waals surface area contributed by atoms with E-state index in [1.54, 1.807) is 6.07 Å². The first-order valence-electron chi connectivity index (χ1n) is 5.28. The number of rotatable bonds is 3. The van der Waals surface area contributed by atoms with Gasteiger partial charge in [0.05, 0.1) is 5.97 Å². The van der Waals surface area contributed by atoms with E-state index in [1.807, 2.05) is 26.0 Å². The molecular weight excluding hydrogens is 188 g/mol. The van der Waals surface area contributed by atoms with Crippen LogP contribution in [0.5, 0.6) is 0 Å². The minimum atomic E-state index is -1.09. The molecule has 0 aromatic heterocycles. The maximum Gasteiger partial charge on any atom is 0.0718 e. The van der Waals surface area contributed by atoms with E-state index in [-0.39, 0.29) is 5.92 Å². The lowest BCUT2D eigenvalue weighted by atomic mass is 9.91. The van der Waals surface area contributed by atoms with Crippen molar-refractivity contribution >= 4 is 5.97 Å². The lowest BCUT2D eigenvalue weighted by Gasteiger charge is -2.16. The minimum Gasteiger partial charge on any atom is -0.545 e. The van der Waals surface area contributed by atoms with E-state index < -0.39 is 5.97 Å². The van der Waals surface area contributed by atoms with E-state index in [4.69, 9.17) is 0 Å². The van der Waals surface area contributed by atoms with Crippen LogP contribution >= 0.6 is 0 Å². The summed E-state index contributed by atoms with van der Waals surface area (Å²) in [7, 11) is 0. The Bertz CT molecular complexity index is 365. The lowest BCUT2D eigenvalue weighted by Crippen LogP contribution is -2.24. The summed E-state index contributed by atoms with van der Waals surface area (Å²) in [5.41, 5.74) is 2.35. The quantitative estimate of drug-likeness (QED) is 0.759. The summed E-state index contributed by atoms with van der Waals surface area (Å²) in [4.78, 5) is 10.9. The number of carbonyl (C=O) groups excluding carboxylic acids is 1. The molecule has 1 aromatic rings. The molecule has 2 nitrogen and oxygen atoms in total. The second kappa shape index (κ2) is 4.47. The highest BCUT2D eigenvalue weighted by atomic mass is 16.4. The van der Waals surface area contributed by atoms with Crippen LogP contribution in [0.15, 0.2) is 18.2 Å². The van der Waals surface area contributed by atoms with Crippen LogP contribution in [-0.4, -0.2) is 5.97 Å². The van der Waals surface area contributed by atoms with E-state index in [9.17, 15) is 9.90 Å². The van der Waals surface area contributed by atoms with Crippen molar-refractivity contribution in [2.24, 2.45) is 0 Å². The topological polar surface area (TPSA) is 40.1 Å². The average molecular weight is 205 g/mol. The molecule has 1 rings (SSSR count). The molecule has 82 valence electrons. The lowest BCUT2D eigenvalue weighted by molar-refractivity contribution is -0.255. The van der Waals surface area contributed by atoms with E-state index in [0.29, 0.717) is 11.5 Å². The van der Waals surface area contributed by atoms with Crippen molar-refractivity contribution in [3.05, 3.63) is 34.9 Å². The van der Waals surface area contributed by atoms with Gasteiger partial charge < -0.3 is 9.90 Å². The molecule has 0 aliphatic heterocycles. The molecule has 0 fully saturated rings. The summed E-state index contributed by atoms with van der Waals surface area (Å²) in [6.07, 6.45) is 0. The van der Waals surface area contributed by atoms with Crippen LogP contribution in [0, 0.1) is 0 Å². The van der Waals surface area contributed by atoms with Crippen LogP contribution in [0.4, 0.5) is 0 Å². The highest BCUT2D eigenvalue weighted by molar-refractivity contribution is 5.88. The Morgan fingerprint density at radius 1 is 1.13 bits per heavy atom. The van der Waals surface area contributed by atoms with Crippen molar-refractivity contribution in [2.45, 2.75) is 39.5 Å². The highest BCUT2D eigenvalue weighted by Crippen LogP contribution is 2.24. The molecule has 0 heterocycles. The number of hydrogen-bond acceptors (Lipinski definition) is 2. The van der Waals surface area contributed by atoms with E-state index in [1.165, 1.54) is 5.56 Å². The molecule has 0 spiro atoms. The first-order valence-corrected chi connectivity index (χ1v) is 5.28. The van der Waals surface area contributed by atoms with Crippen molar-refractivity contribution in [2.75, 3.05) is 0 Å². The van der Waals surface area contributed by atoms with Crippen molar-refractivity contribution in [3.63, 3.8) is 0 Å². The molecule has 0 saturated heterocycles. The van der Waals surface area contributed by atoms with Crippen molar-refractivity contribution < 1.29 is 9.90 Å². The molecule has 2 heteroatoms. The number of benzene rings is 1. The summed E-state index contributed by atoms with van der Waals surface area (Å²) >= 11 is 0. The maximum absolute atomic E-state index is 10.9. The summed E-state index contributed by atoms with van der Waals surface area (Å²) in [5, 5.41) is 10.9. The van der Waals surface area contributed by atoms with Gasteiger partial charge >= 0.3 is 0 Å². The van der Waals surface area contributed by atoms with Crippen LogP contribution in [-0.2, 0) is 0 Å². The third kappa shape index (κ3) is 2.58. The third-order valence-corrected chi connectivity index (χ3v) is 2.58. The SMILES string of the molecule is CC(C)c1ccc(C(=O)[O-])c(C(C)C)c1. The molecular formula is C13H17O2-. The molecule has 0 radical (unpaired) electrons. The molecule has 0 N–H and O–H groups in total. The Balaban J connectivity index is 3.27. The summed E-state index contributed by atoms with van der Waals surface area (Å²) < 4.78 is 0. The number of carbonyl (C=O) groups is 1. The first-order chi connectivity index (χ1) is 6.93. The van der Waals surface area contributed by atoms with E-state index >= 15 is 0 Å². The molecule has 0 amide bonds.